The number of para-hydroxylation sites is 2. The highest BCUT2D eigenvalue weighted by Crippen LogP contribution is 2.27. The second-order valence-corrected chi connectivity index (χ2v) is 7.25. The fourth-order valence-electron chi connectivity index (χ4n) is 1.79. The van der Waals surface area contributed by atoms with Crippen molar-refractivity contribution in [1.29, 1.82) is 0 Å². The molecular formula is C12H11N3O2S3. The van der Waals surface area contributed by atoms with Crippen molar-refractivity contribution in [3.05, 3.63) is 34.8 Å². The summed E-state index contributed by atoms with van der Waals surface area (Å²) >= 11 is 4.76. The first-order valence-electron chi connectivity index (χ1n) is 5.86. The van der Waals surface area contributed by atoms with Crippen LogP contribution in [0.2, 0.25) is 0 Å². The highest BCUT2D eigenvalue weighted by molar-refractivity contribution is 8.02. The molecule has 0 radical (unpaired) electrons. The summed E-state index contributed by atoms with van der Waals surface area (Å²) in [7, 11) is 0. The molecule has 5 nitrogen and oxygen atoms in total. The van der Waals surface area contributed by atoms with Gasteiger partial charge in [0.05, 0.1) is 5.52 Å². The standard InChI is InChI=1S/C12H11N3O2S3/c1-18-10-13-14-11(20-10)19-7-6-15-8-4-2-3-5-9(8)17-12(15)16/h2-5H,6-7H2,1H3. The molecule has 0 saturated heterocycles. The largest absolute Gasteiger partial charge is 0.419 e. The van der Waals surface area contributed by atoms with Crippen LogP contribution in [0.25, 0.3) is 11.1 Å². The maximum absolute atomic E-state index is 11.8. The first kappa shape index (κ1) is 13.7. The highest BCUT2D eigenvalue weighted by Gasteiger charge is 2.09. The fraction of sp³-hybridized carbons (Fsp3) is 0.250. The number of rotatable bonds is 5. The molecule has 0 spiro atoms. The van der Waals surface area contributed by atoms with Gasteiger partial charge in [0.1, 0.15) is 0 Å². The Labute approximate surface area is 127 Å². The molecule has 0 aliphatic carbocycles. The van der Waals surface area contributed by atoms with E-state index < -0.39 is 0 Å². The van der Waals surface area contributed by atoms with Gasteiger partial charge in [-0.15, -0.1) is 10.2 Å². The zero-order chi connectivity index (χ0) is 13.9. The molecule has 2 aromatic heterocycles. The molecule has 104 valence electrons. The molecule has 0 amide bonds. The van der Waals surface area contributed by atoms with E-state index in [0.29, 0.717) is 12.1 Å². The van der Waals surface area contributed by atoms with Crippen LogP contribution in [-0.4, -0.2) is 26.8 Å². The molecule has 2 heterocycles. The summed E-state index contributed by atoms with van der Waals surface area (Å²) in [5.74, 6) is 0.445. The van der Waals surface area contributed by atoms with Gasteiger partial charge in [-0.25, -0.2) is 4.79 Å². The smallest absolute Gasteiger partial charge is 0.408 e. The Balaban J connectivity index is 1.71. The molecule has 20 heavy (non-hydrogen) atoms. The Morgan fingerprint density at radius 1 is 1.30 bits per heavy atom. The first-order chi connectivity index (χ1) is 9.78. The lowest BCUT2D eigenvalue weighted by Gasteiger charge is -1.99. The molecule has 0 aliphatic heterocycles. The van der Waals surface area contributed by atoms with Crippen molar-refractivity contribution in [2.24, 2.45) is 0 Å². The van der Waals surface area contributed by atoms with E-state index in [9.17, 15) is 4.79 Å². The third-order valence-electron chi connectivity index (χ3n) is 2.68. The average Bonchev–Trinajstić information content (AvgIpc) is 3.04. The number of thioether (sulfide) groups is 2. The van der Waals surface area contributed by atoms with E-state index in [1.54, 1.807) is 45.5 Å². The summed E-state index contributed by atoms with van der Waals surface area (Å²) in [5, 5.41) is 8.13. The minimum absolute atomic E-state index is 0.311. The Morgan fingerprint density at radius 2 is 2.10 bits per heavy atom. The molecule has 0 N–H and O–H groups in total. The van der Waals surface area contributed by atoms with Gasteiger partial charge in [-0.2, -0.15) is 0 Å². The van der Waals surface area contributed by atoms with Gasteiger partial charge in [0.25, 0.3) is 0 Å². The van der Waals surface area contributed by atoms with E-state index in [2.05, 4.69) is 10.2 Å². The fourth-order valence-corrected chi connectivity index (χ4v) is 4.22. The summed E-state index contributed by atoms with van der Waals surface area (Å²) in [5.41, 5.74) is 1.46. The van der Waals surface area contributed by atoms with E-state index in [0.717, 1.165) is 19.9 Å². The second-order valence-electron chi connectivity index (χ2n) is 3.87. The van der Waals surface area contributed by atoms with Crippen molar-refractivity contribution in [2.45, 2.75) is 15.2 Å². The number of aromatic nitrogens is 3. The van der Waals surface area contributed by atoms with Crippen LogP contribution in [0.1, 0.15) is 0 Å². The predicted molar refractivity (Wildman–Crippen MR) is 82.9 cm³/mol. The number of hydrogen-bond donors (Lipinski definition) is 0. The van der Waals surface area contributed by atoms with Crippen molar-refractivity contribution in [2.75, 3.05) is 12.0 Å². The molecule has 0 saturated carbocycles. The molecule has 3 rings (SSSR count). The molecule has 0 fully saturated rings. The van der Waals surface area contributed by atoms with Crippen molar-refractivity contribution in [3.63, 3.8) is 0 Å². The minimum Gasteiger partial charge on any atom is -0.408 e. The topological polar surface area (TPSA) is 60.9 Å². The zero-order valence-corrected chi connectivity index (χ0v) is 13.1. The van der Waals surface area contributed by atoms with Crippen molar-refractivity contribution < 1.29 is 4.42 Å². The quantitative estimate of drug-likeness (QED) is 0.672. The van der Waals surface area contributed by atoms with Crippen LogP contribution in [0, 0.1) is 0 Å². The number of aryl methyl sites for hydroxylation is 1. The third kappa shape index (κ3) is 2.77. The lowest BCUT2D eigenvalue weighted by atomic mass is 10.3. The monoisotopic (exact) mass is 325 g/mol. The van der Waals surface area contributed by atoms with Crippen LogP contribution in [0.15, 0.2) is 42.2 Å². The molecular weight excluding hydrogens is 314 g/mol. The van der Waals surface area contributed by atoms with Gasteiger partial charge in [0.15, 0.2) is 14.3 Å². The molecule has 1 aromatic carbocycles. The van der Waals surface area contributed by atoms with Gasteiger partial charge in [-0.05, 0) is 18.4 Å². The summed E-state index contributed by atoms with van der Waals surface area (Å²) in [6.07, 6.45) is 1.98. The number of fused-ring (bicyclic) bond motifs is 1. The highest BCUT2D eigenvalue weighted by atomic mass is 32.2. The summed E-state index contributed by atoms with van der Waals surface area (Å²) in [6.45, 7) is 0.592. The van der Waals surface area contributed by atoms with Crippen LogP contribution in [0.3, 0.4) is 0 Å². The van der Waals surface area contributed by atoms with E-state index in [4.69, 9.17) is 4.42 Å². The maximum Gasteiger partial charge on any atom is 0.419 e. The van der Waals surface area contributed by atoms with Crippen molar-refractivity contribution in [3.8, 4) is 0 Å². The van der Waals surface area contributed by atoms with Gasteiger partial charge < -0.3 is 4.42 Å². The second kappa shape index (κ2) is 6.02. The van der Waals surface area contributed by atoms with E-state index >= 15 is 0 Å². The molecule has 0 atom stereocenters. The van der Waals surface area contributed by atoms with Crippen molar-refractivity contribution >= 4 is 46.0 Å². The molecule has 0 aliphatic rings. The Morgan fingerprint density at radius 3 is 2.90 bits per heavy atom. The molecule has 8 heteroatoms. The summed E-state index contributed by atoms with van der Waals surface area (Å²) in [4.78, 5) is 11.8. The predicted octanol–water partition coefficient (Wildman–Crippen LogP) is 2.96. The normalized spacial score (nSPS) is 11.2. The first-order valence-corrected chi connectivity index (χ1v) is 8.89. The minimum atomic E-state index is -0.311. The summed E-state index contributed by atoms with van der Waals surface area (Å²) in [6, 6.07) is 7.45. The van der Waals surface area contributed by atoms with E-state index in [1.165, 1.54) is 0 Å². The number of nitrogens with zero attached hydrogens (tertiary/aromatic N) is 3. The van der Waals surface area contributed by atoms with Crippen LogP contribution < -0.4 is 5.76 Å². The zero-order valence-electron chi connectivity index (χ0n) is 10.6. The lowest BCUT2D eigenvalue weighted by Crippen LogP contribution is -2.15. The van der Waals surface area contributed by atoms with Crippen LogP contribution in [0.5, 0.6) is 0 Å². The Bertz CT molecular complexity index is 777. The van der Waals surface area contributed by atoms with E-state index in [1.807, 2.05) is 24.5 Å². The number of oxazole rings is 1. The Hall–Kier alpha value is -1.25. The van der Waals surface area contributed by atoms with Crippen molar-refractivity contribution in [1.82, 2.24) is 14.8 Å². The number of hydrogen-bond acceptors (Lipinski definition) is 7. The summed E-state index contributed by atoms with van der Waals surface area (Å²) < 4.78 is 8.73. The molecule has 0 bridgehead atoms. The van der Waals surface area contributed by atoms with Crippen LogP contribution >= 0.6 is 34.9 Å². The molecule has 3 aromatic rings. The molecule has 0 unspecified atom stereocenters. The van der Waals surface area contributed by atoms with Gasteiger partial charge in [0, 0.05) is 12.3 Å². The van der Waals surface area contributed by atoms with Gasteiger partial charge >= 0.3 is 5.76 Å². The maximum atomic E-state index is 11.8. The van der Waals surface area contributed by atoms with Gasteiger partial charge in [0.2, 0.25) is 0 Å². The van der Waals surface area contributed by atoms with E-state index in [-0.39, 0.29) is 5.76 Å². The van der Waals surface area contributed by atoms with Crippen LogP contribution in [-0.2, 0) is 6.54 Å². The number of benzene rings is 1. The average molecular weight is 325 g/mol. The lowest BCUT2D eigenvalue weighted by molar-refractivity contribution is 0.514. The van der Waals surface area contributed by atoms with Gasteiger partial charge in [-0.1, -0.05) is 47.0 Å². The SMILES string of the molecule is CSc1nnc(SCCn2c(=O)oc3ccccc32)s1. The van der Waals surface area contributed by atoms with Gasteiger partial charge in [-0.3, -0.25) is 4.57 Å². The third-order valence-corrected chi connectivity index (χ3v) is 5.69. The Kier molecular flexibility index (Phi) is 4.13. The van der Waals surface area contributed by atoms with Crippen LogP contribution in [0.4, 0.5) is 0 Å².